The SMILES string of the molecule is CCOc1ccc(S(=O)(=O)N(C)C)cc1NC(=O)CCCCCCN.Cl. The van der Waals surface area contributed by atoms with Crippen molar-refractivity contribution in [1.82, 2.24) is 4.31 Å². The number of amides is 1. The predicted octanol–water partition coefficient (Wildman–Crippen LogP) is 2.61. The van der Waals surface area contributed by atoms with E-state index in [1.54, 1.807) is 6.07 Å². The minimum Gasteiger partial charge on any atom is -0.492 e. The Bertz CT molecular complexity index is 666. The highest BCUT2D eigenvalue weighted by molar-refractivity contribution is 7.89. The van der Waals surface area contributed by atoms with E-state index in [-0.39, 0.29) is 23.2 Å². The zero-order chi connectivity index (χ0) is 18.9. The van der Waals surface area contributed by atoms with Crippen LogP contribution in [-0.4, -0.2) is 45.9 Å². The van der Waals surface area contributed by atoms with Crippen LogP contribution in [0.1, 0.15) is 39.0 Å². The van der Waals surface area contributed by atoms with Crippen molar-refractivity contribution in [1.29, 1.82) is 0 Å². The summed E-state index contributed by atoms with van der Waals surface area (Å²) in [6.45, 7) is 2.91. The van der Waals surface area contributed by atoms with Gasteiger partial charge < -0.3 is 15.8 Å². The summed E-state index contributed by atoms with van der Waals surface area (Å²) in [6, 6.07) is 4.48. The Kier molecular flexibility index (Phi) is 11.5. The highest BCUT2D eigenvalue weighted by Gasteiger charge is 2.19. The number of benzene rings is 1. The normalized spacial score (nSPS) is 11.1. The molecular formula is C17H30ClN3O4S. The molecule has 0 saturated carbocycles. The third-order valence-electron chi connectivity index (χ3n) is 3.66. The highest BCUT2D eigenvalue weighted by Crippen LogP contribution is 2.29. The maximum atomic E-state index is 12.3. The number of hydrogen-bond donors (Lipinski definition) is 2. The second-order valence-electron chi connectivity index (χ2n) is 5.88. The molecule has 7 nitrogen and oxygen atoms in total. The number of anilines is 1. The first kappa shape index (κ1) is 24.7. The molecule has 0 unspecified atom stereocenters. The molecule has 0 heterocycles. The minimum absolute atomic E-state index is 0. The van der Waals surface area contributed by atoms with Gasteiger partial charge >= 0.3 is 0 Å². The van der Waals surface area contributed by atoms with E-state index in [1.165, 1.54) is 26.2 Å². The summed E-state index contributed by atoms with van der Waals surface area (Å²) in [5.41, 5.74) is 5.81. The zero-order valence-corrected chi connectivity index (χ0v) is 17.3. The molecule has 1 amide bonds. The largest absolute Gasteiger partial charge is 0.492 e. The van der Waals surface area contributed by atoms with Gasteiger partial charge in [0.25, 0.3) is 0 Å². The van der Waals surface area contributed by atoms with Gasteiger partial charge in [-0.25, -0.2) is 12.7 Å². The topological polar surface area (TPSA) is 102 Å². The van der Waals surface area contributed by atoms with Gasteiger partial charge in [-0.1, -0.05) is 12.8 Å². The van der Waals surface area contributed by atoms with Gasteiger partial charge in [-0.05, 0) is 44.5 Å². The van der Waals surface area contributed by atoms with E-state index in [0.717, 1.165) is 30.0 Å². The maximum Gasteiger partial charge on any atom is 0.242 e. The number of carbonyl (C=O) groups excluding carboxylic acids is 1. The van der Waals surface area contributed by atoms with Crippen molar-refractivity contribution in [2.45, 2.75) is 43.9 Å². The number of ether oxygens (including phenoxy) is 1. The first-order valence-corrected chi connectivity index (χ1v) is 9.96. The van der Waals surface area contributed by atoms with Crippen molar-refractivity contribution in [3.8, 4) is 5.75 Å². The van der Waals surface area contributed by atoms with Gasteiger partial charge in [0.05, 0.1) is 17.2 Å². The molecule has 0 bridgehead atoms. The summed E-state index contributed by atoms with van der Waals surface area (Å²) in [6.07, 6.45) is 4.05. The average Bonchev–Trinajstić information content (AvgIpc) is 2.56. The smallest absolute Gasteiger partial charge is 0.242 e. The molecule has 9 heteroatoms. The van der Waals surface area contributed by atoms with E-state index in [4.69, 9.17) is 10.5 Å². The number of nitrogens with one attached hydrogen (secondary N) is 1. The van der Waals surface area contributed by atoms with Gasteiger partial charge in [-0.15, -0.1) is 12.4 Å². The number of sulfonamides is 1. The summed E-state index contributed by atoms with van der Waals surface area (Å²) in [4.78, 5) is 12.3. The monoisotopic (exact) mass is 407 g/mol. The van der Waals surface area contributed by atoms with E-state index in [2.05, 4.69) is 5.32 Å². The Hall–Kier alpha value is -1.35. The van der Waals surface area contributed by atoms with Gasteiger partial charge in [0, 0.05) is 20.5 Å². The lowest BCUT2D eigenvalue weighted by Gasteiger charge is -2.16. The number of rotatable bonds is 11. The van der Waals surface area contributed by atoms with Gasteiger partial charge in [0.1, 0.15) is 5.75 Å². The van der Waals surface area contributed by atoms with Crippen molar-refractivity contribution < 1.29 is 17.9 Å². The van der Waals surface area contributed by atoms with Crippen molar-refractivity contribution >= 4 is 34.0 Å². The van der Waals surface area contributed by atoms with Crippen molar-refractivity contribution in [2.75, 3.05) is 32.6 Å². The number of unbranched alkanes of at least 4 members (excludes halogenated alkanes) is 3. The third kappa shape index (κ3) is 7.49. The number of nitrogens with zero attached hydrogens (tertiary/aromatic N) is 1. The fourth-order valence-electron chi connectivity index (χ4n) is 2.26. The Morgan fingerprint density at radius 1 is 1.19 bits per heavy atom. The highest BCUT2D eigenvalue weighted by atomic mass is 35.5. The van der Waals surface area contributed by atoms with E-state index in [0.29, 0.717) is 31.0 Å². The lowest BCUT2D eigenvalue weighted by atomic mass is 10.1. The molecule has 0 aliphatic heterocycles. The molecule has 1 aromatic rings. The number of nitrogens with two attached hydrogens (primary N) is 1. The summed E-state index contributed by atoms with van der Waals surface area (Å²) in [5, 5.41) is 2.77. The average molecular weight is 408 g/mol. The fraction of sp³-hybridized carbons (Fsp3) is 0.588. The molecule has 0 aliphatic carbocycles. The molecule has 26 heavy (non-hydrogen) atoms. The van der Waals surface area contributed by atoms with Crippen LogP contribution in [0.4, 0.5) is 5.69 Å². The van der Waals surface area contributed by atoms with E-state index in [9.17, 15) is 13.2 Å². The van der Waals surface area contributed by atoms with Crippen molar-refractivity contribution in [3.63, 3.8) is 0 Å². The molecule has 0 saturated heterocycles. The van der Waals surface area contributed by atoms with Crippen LogP contribution < -0.4 is 15.8 Å². The summed E-state index contributed by atoms with van der Waals surface area (Å²) in [5.74, 6) is 0.296. The van der Waals surface area contributed by atoms with Crippen LogP contribution in [0.15, 0.2) is 23.1 Å². The lowest BCUT2D eigenvalue weighted by Crippen LogP contribution is -2.22. The molecule has 0 fully saturated rings. The van der Waals surface area contributed by atoms with Crippen LogP contribution >= 0.6 is 12.4 Å². The summed E-state index contributed by atoms with van der Waals surface area (Å²) < 4.78 is 31.2. The van der Waals surface area contributed by atoms with E-state index in [1.807, 2.05) is 6.92 Å². The maximum absolute atomic E-state index is 12.3. The standard InChI is InChI=1S/C17H29N3O4S.ClH/c1-4-24-16-11-10-14(25(22,23)20(2)3)13-15(16)19-17(21)9-7-5-6-8-12-18;/h10-11,13H,4-9,12,18H2,1-3H3,(H,19,21);1H. The van der Waals surface area contributed by atoms with E-state index < -0.39 is 10.0 Å². The second kappa shape index (κ2) is 12.1. The predicted molar refractivity (Wildman–Crippen MR) is 107 cm³/mol. The summed E-state index contributed by atoms with van der Waals surface area (Å²) >= 11 is 0. The van der Waals surface area contributed by atoms with Crippen LogP contribution in [0, 0.1) is 0 Å². The third-order valence-corrected chi connectivity index (χ3v) is 5.47. The Morgan fingerprint density at radius 2 is 1.85 bits per heavy atom. The van der Waals surface area contributed by atoms with Crippen LogP contribution in [0.3, 0.4) is 0 Å². The number of hydrogen-bond acceptors (Lipinski definition) is 5. The van der Waals surface area contributed by atoms with Gasteiger partial charge in [-0.3, -0.25) is 4.79 Å². The van der Waals surface area contributed by atoms with Crippen molar-refractivity contribution in [3.05, 3.63) is 18.2 Å². The molecule has 0 aliphatic rings. The second-order valence-corrected chi connectivity index (χ2v) is 8.03. The van der Waals surface area contributed by atoms with E-state index >= 15 is 0 Å². The molecule has 0 atom stereocenters. The van der Waals surface area contributed by atoms with Gasteiger partial charge in [-0.2, -0.15) is 0 Å². The fourth-order valence-corrected chi connectivity index (χ4v) is 3.18. The quantitative estimate of drug-likeness (QED) is 0.549. The summed E-state index contributed by atoms with van der Waals surface area (Å²) in [7, 11) is -0.652. The molecule has 0 radical (unpaired) electrons. The molecular weight excluding hydrogens is 378 g/mol. The van der Waals surface area contributed by atoms with Crippen molar-refractivity contribution in [2.24, 2.45) is 5.73 Å². The molecule has 1 rings (SSSR count). The van der Waals surface area contributed by atoms with Crippen LogP contribution in [0.25, 0.3) is 0 Å². The molecule has 150 valence electrons. The first-order valence-electron chi connectivity index (χ1n) is 8.52. The van der Waals surface area contributed by atoms with Gasteiger partial charge in [0.2, 0.25) is 15.9 Å². The molecule has 1 aromatic carbocycles. The Balaban J connectivity index is 0.00000625. The molecule has 0 aromatic heterocycles. The van der Waals surface area contributed by atoms with Crippen LogP contribution in [-0.2, 0) is 14.8 Å². The van der Waals surface area contributed by atoms with Crippen LogP contribution in [0.5, 0.6) is 5.75 Å². The van der Waals surface area contributed by atoms with Crippen LogP contribution in [0.2, 0.25) is 0 Å². The van der Waals surface area contributed by atoms with Gasteiger partial charge in [0.15, 0.2) is 0 Å². The number of halogens is 1. The lowest BCUT2D eigenvalue weighted by molar-refractivity contribution is -0.116. The first-order chi connectivity index (χ1) is 11.8. The number of carbonyl (C=O) groups is 1. The Labute approximate surface area is 162 Å². The Morgan fingerprint density at radius 3 is 2.42 bits per heavy atom. The molecule has 3 N–H and O–H groups in total. The molecule has 0 spiro atoms. The zero-order valence-electron chi connectivity index (χ0n) is 15.7. The minimum atomic E-state index is -3.58.